The number of anilines is 1. The summed E-state index contributed by atoms with van der Waals surface area (Å²) in [6.45, 7) is 2.75. The van der Waals surface area contributed by atoms with Crippen LogP contribution in [-0.4, -0.2) is 21.4 Å². The largest absolute Gasteiger partial charge is 0.442 e. The standard InChI is InChI=1S/C13H13N3O4/c1-8(17)10-5-3-4-6-11(10)14-12(18)7-16-9(2)15-20-13(16)19/h3-6H,7H2,1-2H3,(H,14,18). The van der Waals surface area contributed by atoms with Crippen LogP contribution in [0.3, 0.4) is 0 Å². The molecule has 2 aromatic rings. The van der Waals surface area contributed by atoms with E-state index in [1.54, 1.807) is 31.2 Å². The van der Waals surface area contributed by atoms with Gasteiger partial charge in [-0.3, -0.25) is 18.7 Å². The number of rotatable bonds is 4. The first-order valence-corrected chi connectivity index (χ1v) is 5.92. The number of amides is 1. The van der Waals surface area contributed by atoms with Crippen LogP contribution in [0.25, 0.3) is 0 Å². The van der Waals surface area contributed by atoms with Gasteiger partial charge in [-0.25, -0.2) is 4.79 Å². The molecule has 20 heavy (non-hydrogen) atoms. The third-order valence-corrected chi connectivity index (χ3v) is 2.75. The normalized spacial score (nSPS) is 10.3. The maximum Gasteiger partial charge on any atom is 0.442 e. The lowest BCUT2D eigenvalue weighted by molar-refractivity contribution is -0.116. The predicted octanol–water partition coefficient (Wildman–Crippen LogP) is 0.986. The summed E-state index contributed by atoms with van der Waals surface area (Å²) < 4.78 is 5.53. The first-order chi connectivity index (χ1) is 9.49. The quantitative estimate of drug-likeness (QED) is 0.839. The zero-order chi connectivity index (χ0) is 14.7. The van der Waals surface area contributed by atoms with Crippen LogP contribution in [0.1, 0.15) is 23.1 Å². The van der Waals surface area contributed by atoms with Crippen LogP contribution in [0.5, 0.6) is 0 Å². The second-order valence-electron chi connectivity index (χ2n) is 4.23. The molecular formula is C13H13N3O4. The maximum absolute atomic E-state index is 11.9. The number of benzene rings is 1. The van der Waals surface area contributed by atoms with Gasteiger partial charge in [-0.05, 0) is 26.0 Å². The van der Waals surface area contributed by atoms with E-state index in [9.17, 15) is 14.4 Å². The highest BCUT2D eigenvalue weighted by atomic mass is 16.5. The lowest BCUT2D eigenvalue weighted by Gasteiger charge is -2.09. The topological polar surface area (TPSA) is 94.2 Å². The van der Waals surface area contributed by atoms with Crippen molar-refractivity contribution < 1.29 is 14.1 Å². The average Bonchev–Trinajstić information content (AvgIpc) is 2.71. The summed E-state index contributed by atoms with van der Waals surface area (Å²) in [5, 5.41) is 6.06. The predicted molar refractivity (Wildman–Crippen MR) is 70.6 cm³/mol. The van der Waals surface area contributed by atoms with Gasteiger partial charge in [-0.2, -0.15) is 0 Å². The van der Waals surface area contributed by atoms with E-state index in [4.69, 9.17) is 0 Å². The zero-order valence-electron chi connectivity index (χ0n) is 11.0. The van der Waals surface area contributed by atoms with Crippen LogP contribution in [0.15, 0.2) is 33.6 Å². The SMILES string of the molecule is CC(=O)c1ccccc1NC(=O)Cn1c(C)noc1=O. The van der Waals surface area contributed by atoms with E-state index in [0.717, 1.165) is 4.57 Å². The van der Waals surface area contributed by atoms with Gasteiger partial charge in [0.05, 0.1) is 5.69 Å². The zero-order valence-corrected chi connectivity index (χ0v) is 11.0. The van der Waals surface area contributed by atoms with E-state index in [1.807, 2.05) is 0 Å². The number of hydrogen-bond acceptors (Lipinski definition) is 5. The lowest BCUT2D eigenvalue weighted by atomic mass is 10.1. The molecular weight excluding hydrogens is 262 g/mol. The van der Waals surface area contributed by atoms with Gasteiger partial charge in [0.15, 0.2) is 11.6 Å². The van der Waals surface area contributed by atoms with Crippen LogP contribution in [0.4, 0.5) is 5.69 Å². The number of para-hydroxylation sites is 1. The number of nitrogens with zero attached hydrogens (tertiary/aromatic N) is 2. The Morgan fingerprint density at radius 3 is 2.65 bits per heavy atom. The van der Waals surface area contributed by atoms with E-state index >= 15 is 0 Å². The van der Waals surface area contributed by atoms with E-state index in [-0.39, 0.29) is 12.3 Å². The molecule has 2 rings (SSSR count). The number of ketones is 1. The molecule has 0 spiro atoms. The summed E-state index contributed by atoms with van der Waals surface area (Å²) in [7, 11) is 0. The molecule has 0 radical (unpaired) electrons. The Morgan fingerprint density at radius 1 is 1.35 bits per heavy atom. The van der Waals surface area contributed by atoms with Gasteiger partial charge in [-0.15, -0.1) is 0 Å². The fourth-order valence-corrected chi connectivity index (χ4v) is 1.75. The Labute approximate surface area is 114 Å². The molecule has 1 N–H and O–H groups in total. The molecule has 1 amide bonds. The summed E-state index contributed by atoms with van der Waals surface area (Å²) >= 11 is 0. The summed E-state index contributed by atoms with van der Waals surface area (Å²) in [5.41, 5.74) is 0.822. The van der Waals surface area contributed by atoms with Crippen molar-refractivity contribution in [2.24, 2.45) is 0 Å². The number of aryl methyl sites for hydroxylation is 1. The number of carbonyl (C=O) groups excluding carboxylic acids is 2. The van der Waals surface area contributed by atoms with Gasteiger partial charge in [0, 0.05) is 5.56 Å². The van der Waals surface area contributed by atoms with Crippen molar-refractivity contribution in [2.45, 2.75) is 20.4 Å². The van der Waals surface area contributed by atoms with Gasteiger partial charge in [0.2, 0.25) is 5.91 Å². The molecule has 1 heterocycles. The fraction of sp³-hybridized carbons (Fsp3) is 0.231. The summed E-state index contributed by atoms with van der Waals surface area (Å²) in [4.78, 5) is 34.7. The summed E-state index contributed by atoms with van der Waals surface area (Å²) in [5.74, 6) is -0.978. The highest BCUT2D eigenvalue weighted by Crippen LogP contribution is 2.15. The smallest absolute Gasteiger partial charge is 0.324 e. The first kappa shape index (κ1) is 13.7. The van der Waals surface area contributed by atoms with E-state index in [1.165, 1.54) is 6.92 Å². The van der Waals surface area contributed by atoms with Crippen LogP contribution in [0, 0.1) is 6.92 Å². The third kappa shape index (κ3) is 2.82. The summed E-state index contributed by atoms with van der Waals surface area (Å²) in [6, 6.07) is 6.66. The molecule has 1 aromatic carbocycles. The number of nitrogens with one attached hydrogen (secondary N) is 1. The highest BCUT2D eigenvalue weighted by Gasteiger charge is 2.13. The number of hydrogen-bond donors (Lipinski definition) is 1. The molecule has 0 bridgehead atoms. The van der Waals surface area contributed by atoms with E-state index in [2.05, 4.69) is 15.0 Å². The second kappa shape index (κ2) is 5.52. The molecule has 0 saturated heterocycles. The van der Waals surface area contributed by atoms with Gasteiger partial charge >= 0.3 is 5.76 Å². The van der Waals surface area contributed by atoms with Crippen molar-refractivity contribution >= 4 is 17.4 Å². The molecule has 104 valence electrons. The van der Waals surface area contributed by atoms with Crippen LogP contribution in [-0.2, 0) is 11.3 Å². The van der Waals surface area contributed by atoms with Crippen molar-refractivity contribution in [1.29, 1.82) is 0 Å². The van der Waals surface area contributed by atoms with Crippen molar-refractivity contribution in [3.63, 3.8) is 0 Å². The highest BCUT2D eigenvalue weighted by molar-refractivity contribution is 6.03. The van der Waals surface area contributed by atoms with Gasteiger partial charge in [0.1, 0.15) is 6.54 Å². The van der Waals surface area contributed by atoms with Crippen LogP contribution < -0.4 is 11.1 Å². The molecule has 0 aliphatic carbocycles. The number of Topliss-reactive ketones (excluding diaryl/α,β-unsaturated/α-hetero) is 1. The number of aromatic nitrogens is 2. The van der Waals surface area contributed by atoms with Crippen molar-refractivity contribution in [1.82, 2.24) is 9.72 Å². The molecule has 0 aliphatic rings. The van der Waals surface area contributed by atoms with E-state index in [0.29, 0.717) is 17.1 Å². The van der Waals surface area contributed by atoms with E-state index < -0.39 is 11.7 Å². The average molecular weight is 275 g/mol. The molecule has 1 aromatic heterocycles. The van der Waals surface area contributed by atoms with Crippen LogP contribution >= 0.6 is 0 Å². The number of carbonyl (C=O) groups is 2. The molecule has 0 fully saturated rings. The first-order valence-electron chi connectivity index (χ1n) is 5.92. The monoisotopic (exact) mass is 275 g/mol. The molecule has 0 atom stereocenters. The van der Waals surface area contributed by atoms with Gasteiger partial charge in [-0.1, -0.05) is 17.3 Å². The van der Waals surface area contributed by atoms with Gasteiger partial charge < -0.3 is 5.32 Å². The van der Waals surface area contributed by atoms with Gasteiger partial charge in [0.25, 0.3) is 0 Å². The lowest BCUT2D eigenvalue weighted by Crippen LogP contribution is -2.26. The van der Waals surface area contributed by atoms with Crippen molar-refractivity contribution in [3.05, 3.63) is 46.2 Å². The minimum Gasteiger partial charge on any atom is -0.324 e. The molecule has 0 aliphatic heterocycles. The van der Waals surface area contributed by atoms with Crippen molar-refractivity contribution in [2.75, 3.05) is 5.32 Å². The molecule has 0 saturated carbocycles. The van der Waals surface area contributed by atoms with Crippen molar-refractivity contribution in [3.8, 4) is 0 Å². The maximum atomic E-state index is 11.9. The fourth-order valence-electron chi connectivity index (χ4n) is 1.75. The Hall–Kier alpha value is -2.70. The Kier molecular flexibility index (Phi) is 3.79. The third-order valence-electron chi connectivity index (χ3n) is 2.75. The molecule has 7 heteroatoms. The minimum absolute atomic E-state index is 0.153. The molecule has 0 unspecified atom stereocenters. The Balaban J connectivity index is 2.17. The van der Waals surface area contributed by atoms with Crippen LogP contribution in [0.2, 0.25) is 0 Å². The summed E-state index contributed by atoms with van der Waals surface area (Å²) in [6.07, 6.45) is 0. The molecule has 7 nitrogen and oxygen atoms in total. The second-order valence-corrected chi connectivity index (χ2v) is 4.23. The minimum atomic E-state index is -0.697. The Bertz CT molecular complexity index is 714. The Morgan fingerprint density at radius 2 is 2.05 bits per heavy atom.